The largest absolute Gasteiger partial charge is 0.493 e. The molecule has 4 bridgehead atoms. The normalized spacial score (nSPS) is 36.1. The predicted molar refractivity (Wildman–Crippen MR) is 152 cm³/mol. The van der Waals surface area contributed by atoms with Crippen molar-refractivity contribution in [3.05, 3.63) is 58.7 Å². The van der Waals surface area contributed by atoms with Crippen molar-refractivity contribution in [2.45, 2.75) is 81.1 Å². The quantitative estimate of drug-likeness (QED) is 0.450. The SMILES string of the molecule is COc1ccc2c3c1O[C@H]1[C@@]4(OC)CC[C@@]5(C[C@@H]4COCc4ccc(CC(=O)O)cc4)[C@@H](C2)N(CC2CC2)CC[C@]315. The van der Waals surface area contributed by atoms with Crippen LogP contribution in [0.3, 0.4) is 0 Å². The molecule has 7 nitrogen and oxygen atoms in total. The Morgan fingerprint density at radius 1 is 1.07 bits per heavy atom. The first kappa shape index (κ1) is 26.1. The van der Waals surface area contributed by atoms with Crippen LogP contribution in [0.25, 0.3) is 0 Å². The maximum Gasteiger partial charge on any atom is 0.307 e. The topological polar surface area (TPSA) is 77.5 Å². The van der Waals surface area contributed by atoms with Gasteiger partial charge in [0.05, 0.1) is 26.7 Å². The molecule has 7 heteroatoms. The van der Waals surface area contributed by atoms with Crippen LogP contribution in [0, 0.1) is 17.3 Å². The van der Waals surface area contributed by atoms with E-state index < -0.39 is 11.6 Å². The molecule has 2 heterocycles. The number of nitrogens with zero attached hydrogens (tertiary/aromatic N) is 1. The van der Waals surface area contributed by atoms with Crippen LogP contribution in [-0.2, 0) is 39.1 Å². The Morgan fingerprint density at radius 3 is 2.61 bits per heavy atom. The fourth-order valence-corrected chi connectivity index (χ4v) is 10.1. The Hall–Kier alpha value is -2.61. The monoisotopic (exact) mass is 559 g/mol. The number of likely N-dealkylation sites (tertiary alicyclic amines) is 1. The number of ether oxygens (including phenoxy) is 4. The lowest BCUT2D eigenvalue weighted by Crippen LogP contribution is -2.81. The highest BCUT2D eigenvalue weighted by Gasteiger charge is 2.80. The molecule has 5 aliphatic carbocycles. The second-order valence-electron chi connectivity index (χ2n) is 13.6. The van der Waals surface area contributed by atoms with Crippen LogP contribution < -0.4 is 9.47 Å². The van der Waals surface area contributed by atoms with E-state index in [-0.39, 0.29) is 29.3 Å². The van der Waals surface area contributed by atoms with Gasteiger partial charge in [-0.3, -0.25) is 9.69 Å². The highest BCUT2D eigenvalue weighted by atomic mass is 16.6. The zero-order valence-corrected chi connectivity index (χ0v) is 24.2. The van der Waals surface area contributed by atoms with Crippen molar-refractivity contribution in [3.63, 3.8) is 0 Å². The van der Waals surface area contributed by atoms with E-state index in [0.717, 1.165) is 60.8 Å². The minimum Gasteiger partial charge on any atom is -0.493 e. The lowest BCUT2D eigenvalue weighted by molar-refractivity contribution is -0.283. The van der Waals surface area contributed by atoms with Gasteiger partial charge >= 0.3 is 5.97 Å². The smallest absolute Gasteiger partial charge is 0.307 e. The molecule has 4 saturated carbocycles. The zero-order chi connectivity index (χ0) is 28.0. The van der Waals surface area contributed by atoms with Crippen molar-refractivity contribution in [1.29, 1.82) is 0 Å². The van der Waals surface area contributed by atoms with Gasteiger partial charge in [0.15, 0.2) is 11.5 Å². The standard InChI is InChI=1S/C34H41NO6/c1-38-26-10-9-24-16-27-32-11-12-34(39-2,25(17-32)20-40-19-23-7-3-21(4-8-23)15-28(36)37)31-33(32,29(24)30(26)41-31)13-14-35(27)18-22-5-6-22/h3-4,7-10,22,25,27,31H,5-6,11-20H2,1-2H3,(H,36,37)/t25-,27-,31-,32-,33+,34-/m1/s1. The van der Waals surface area contributed by atoms with E-state index in [4.69, 9.17) is 24.1 Å². The molecule has 1 saturated heterocycles. The third kappa shape index (κ3) is 3.52. The Morgan fingerprint density at radius 2 is 1.88 bits per heavy atom. The van der Waals surface area contributed by atoms with Gasteiger partial charge < -0.3 is 24.1 Å². The predicted octanol–water partition coefficient (Wildman–Crippen LogP) is 4.76. The summed E-state index contributed by atoms with van der Waals surface area (Å²) >= 11 is 0. The summed E-state index contributed by atoms with van der Waals surface area (Å²) in [7, 11) is 3.64. The number of methoxy groups -OCH3 is 2. The zero-order valence-electron chi connectivity index (χ0n) is 24.2. The lowest BCUT2D eigenvalue weighted by atomic mass is 9.35. The van der Waals surface area contributed by atoms with Crippen LogP contribution in [0.1, 0.15) is 60.8 Å². The van der Waals surface area contributed by atoms with Gasteiger partial charge in [-0.2, -0.15) is 0 Å². The van der Waals surface area contributed by atoms with Crippen molar-refractivity contribution in [3.8, 4) is 11.5 Å². The van der Waals surface area contributed by atoms with E-state index in [2.05, 4.69) is 17.0 Å². The van der Waals surface area contributed by atoms with Crippen LogP contribution in [0.2, 0.25) is 0 Å². The van der Waals surface area contributed by atoms with E-state index in [1.807, 2.05) is 31.4 Å². The number of rotatable bonds is 10. The van der Waals surface area contributed by atoms with Crippen molar-refractivity contribution < 1.29 is 28.8 Å². The minimum absolute atomic E-state index is 0.0395. The van der Waals surface area contributed by atoms with Gasteiger partial charge in [-0.25, -0.2) is 0 Å². The van der Waals surface area contributed by atoms with Gasteiger partial charge in [0, 0.05) is 42.0 Å². The third-order valence-corrected chi connectivity index (χ3v) is 12.0. The van der Waals surface area contributed by atoms with Crippen LogP contribution in [0.4, 0.5) is 0 Å². The Labute approximate surface area is 242 Å². The van der Waals surface area contributed by atoms with Crippen molar-refractivity contribution >= 4 is 5.97 Å². The molecule has 1 N–H and O–H groups in total. The van der Waals surface area contributed by atoms with Gasteiger partial charge in [0.2, 0.25) is 0 Å². The minimum atomic E-state index is -0.812. The number of hydrogen-bond donors (Lipinski definition) is 1. The summed E-state index contributed by atoms with van der Waals surface area (Å²) < 4.78 is 26.1. The number of benzene rings is 2. The summed E-state index contributed by atoms with van der Waals surface area (Å²) in [5.74, 6) is 2.12. The molecular weight excluding hydrogens is 518 g/mol. The number of hydrogen-bond acceptors (Lipinski definition) is 6. The highest BCUT2D eigenvalue weighted by molar-refractivity contribution is 5.70. The van der Waals surface area contributed by atoms with Gasteiger partial charge in [-0.15, -0.1) is 0 Å². The van der Waals surface area contributed by atoms with Crippen LogP contribution in [0.15, 0.2) is 36.4 Å². The summed E-state index contributed by atoms with van der Waals surface area (Å²) in [6.45, 7) is 3.50. The molecule has 2 spiro atoms. The van der Waals surface area contributed by atoms with Crippen molar-refractivity contribution in [2.24, 2.45) is 17.3 Å². The first-order valence-electron chi connectivity index (χ1n) is 15.5. The van der Waals surface area contributed by atoms with E-state index in [0.29, 0.717) is 19.3 Å². The highest BCUT2D eigenvalue weighted by Crippen LogP contribution is 2.76. The Kier molecular flexibility index (Phi) is 5.84. The molecular formula is C34H41NO6. The second kappa shape index (κ2) is 9.19. The van der Waals surface area contributed by atoms with Crippen LogP contribution in [-0.4, -0.2) is 67.6 Å². The van der Waals surface area contributed by atoms with E-state index in [1.54, 1.807) is 7.11 Å². The molecule has 41 heavy (non-hydrogen) atoms. The first-order valence-corrected chi connectivity index (χ1v) is 15.5. The molecule has 6 atom stereocenters. The van der Waals surface area contributed by atoms with E-state index >= 15 is 0 Å². The molecule has 2 aromatic carbocycles. The van der Waals surface area contributed by atoms with Gasteiger partial charge in [0.25, 0.3) is 0 Å². The summed E-state index contributed by atoms with van der Waals surface area (Å²) in [5.41, 5.74) is 4.45. The fourth-order valence-electron chi connectivity index (χ4n) is 10.1. The molecule has 7 aliphatic rings. The maximum absolute atomic E-state index is 11.1. The molecule has 0 amide bonds. The molecule has 2 aromatic rings. The molecule has 2 aliphatic heterocycles. The number of carboxylic acid groups (broad SMARTS) is 1. The first-order chi connectivity index (χ1) is 19.9. The average Bonchev–Trinajstić information content (AvgIpc) is 3.72. The number of carbonyl (C=O) groups is 1. The third-order valence-electron chi connectivity index (χ3n) is 12.0. The lowest BCUT2D eigenvalue weighted by Gasteiger charge is -2.74. The molecule has 218 valence electrons. The number of carboxylic acids is 1. The van der Waals surface area contributed by atoms with Gasteiger partial charge in [-0.05, 0) is 80.2 Å². The fraction of sp³-hybridized carbons (Fsp3) is 0.618. The maximum atomic E-state index is 11.1. The van der Waals surface area contributed by atoms with Crippen LogP contribution in [0.5, 0.6) is 11.5 Å². The average molecular weight is 560 g/mol. The van der Waals surface area contributed by atoms with Crippen molar-refractivity contribution in [1.82, 2.24) is 4.90 Å². The summed E-state index contributed by atoms with van der Waals surface area (Å²) in [6.07, 6.45) is 8.23. The number of fused-ring (bicyclic) bond motifs is 2. The molecule has 9 rings (SSSR count). The van der Waals surface area contributed by atoms with Crippen LogP contribution >= 0.6 is 0 Å². The molecule has 0 aromatic heterocycles. The van der Waals surface area contributed by atoms with E-state index in [1.165, 1.54) is 36.9 Å². The number of aliphatic carboxylic acids is 1. The summed E-state index contributed by atoms with van der Waals surface area (Å²) in [4.78, 5) is 13.9. The second-order valence-corrected chi connectivity index (χ2v) is 13.6. The Bertz CT molecular complexity index is 1370. The molecule has 5 fully saturated rings. The Balaban J connectivity index is 1.13. The van der Waals surface area contributed by atoms with Gasteiger partial charge in [-0.1, -0.05) is 30.3 Å². The molecule has 0 unspecified atom stereocenters. The van der Waals surface area contributed by atoms with Crippen molar-refractivity contribution in [2.75, 3.05) is 33.9 Å². The van der Waals surface area contributed by atoms with Gasteiger partial charge in [0.1, 0.15) is 11.7 Å². The van der Waals surface area contributed by atoms with E-state index in [9.17, 15) is 4.79 Å². The molecule has 0 radical (unpaired) electrons. The summed E-state index contributed by atoms with van der Waals surface area (Å²) in [5, 5.41) is 9.08. The summed E-state index contributed by atoms with van der Waals surface area (Å²) in [6, 6.07) is 12.7. The number of piperidine rings is 1.